The van der Waals surface area contributed by atoms with Crippen LogP contribution in [0.2, 0.25) is 0 Å². The number of ether oxygens (including phenoxy) is 1. The van der Waals surface area contributed by atoms with Crippen molar-refractivity contribution in [2.75, 3.05) is 0 Å². The van der Waals surface area contributed by atoms with Crippen LogP contribution >= 0.6 is 0 Å². The van der Waals surface area contributed by atoms with Gasteiger partial charge in [0.2, 0.25) is 0 Å². The zero-order chi connectivity index (χ0) is 18.9. The third-order valence-electron chi connectivity index (χ3n) is 6.48. The summed E-state index contributed by atoms with van der Waals surface area (Å²) in [7, 11) is 0. The summed E-state index contributed by atoms with van der Waals surface area (Å²) in [6, 6.07) is 14.4. The molecule has 2 fully saturated rings. The van der Waals surface area contributed by atoms with Gasteiger partial charge in [-0.05, 0) is 60.9 Å². The van der Waals surface area contributed by atoms with Crippen molar-refractivity contribution in [1.29, 1.82) is 0 Å². The van der Waals surface area contributed by atoms with Gasteiger partial charge in [0.25, 0.3) is 0 Å². The number of carboxylic acids is 1. The van der Waals surface area contributed by atoms with Crippen molar-refractivity contribution in [3.63, 3.8) is 0 Å². The summed E-state index contributed by atoms with van der Waals surface area (Å²) < 4.78 is 6.14. The fourth-order valence-electron chi connectivity index (χ4n) is 4.80. The Morgan fingerprint density at radius 2 is 1.44 bits per heavy atom. The Morgan fingerprint density at radius 3 is 2.11 bits per heavy atom. The van der Waals surface area contributed by atoms with E-state index in [4.69, 9.17) is 4.74 Å². The Bertz CT molecular complexity index is 858. The van der Waals surface area contributed by atoms with Gasteiger partial charge in [0.05, 0.1) is 0 Å². The number of aliphatic carboxylic acids is 1. The van der Waals surface area contributed by atoms with Gasteiger partial charge >= 0.3 is 11.9 Å². The highest BCUT2D eigenvalue weighted by Gasteiger charge is 2.52. The molecule has 0 spiro atoms. The van der Waals surface area contributed by atoms with Gasteiger partial charge in [0.1, 0.15) is 5.60 Å². The van der Waals surface area contributed by atoms with Gasteiger partial charge < -0.3 is 9.84 Å². The third-order valence-corrected chi connectivity index (χ3v) is 6.48. The summed E-state index contributed by atoms with van der Waals surface area (Å²) in [5, 5.41) is 12.0. The predicted molar refractivity (Wildman–Crippen MR) is 103 cm³/mol. The first-order chi connectivity index (χ1) is 13.1. The molecule has 2 saturated carbocycles. The lowest BCUT2D eigenvalue weighted by molar-refractivity contribution is -0.184. The van der Waals surface area contributed by atoms with Crippen molar-refractivity contribution < 1.29 is 19.4 Å². The first kappa shape index (κ1) is 18.0. The lowest BCUT2D eigenvalue weighted by Gasteiger charge is -2.39. The second-order valence-corrected chi connectivity index (χ2v) is 8.10. The summed E-state index contributed by atoms with van der Waals surface area (Å²) in [6.07, 6.45) is 6.91. The molecule has 0 atom stereocenters. The van der Waals surface area contributed by atoms with E-state index in [1.54, 1.807) is 0 Å². The number of hydrogen-bond acceptors (Lipinski definition) is 3. The first-order valence-electron chi connectivity index (χ1n) is 10.0. The Morgan fingerprint density at radius 1 is 0.815 bits per heavy atom. The summed E-state index contributed by atoms with van der Waals surface area (Å²) in [5.41, 5.74) is -1.07. The molecule has 1 N–H and O–H groups in total. The van der Waals surface area contributed by atoms with Crippen molar-refractivity contribution in [3.05, 3.63) is 48.0 Å². The molecule has 4 rings (SSSR count). The van der Waals surface area contributed by atoms with Gasteiger partial charge in [-0.2, -0.15) is 0 Å². The van der Waals surface area contributed by atoms with Crippen molar-refractivity contribution in [2.45, 2.75) is 63.4 Å². The van der Waals surface area contributed by atoms with Gasteiger partial charge in [-0.25, -0.2) is 0 Å². The average molecular weight is 366 g/mol. The molecule has 0 saturated heterocycles. The van der Waals surface area contributed by atoms with Crippen LogP contribution in [-0.2, 0) is 19.9 Å². The van der Waals surface area contributed by atoms with Crippen LogP contribution in [0.25, 0.3) is 10.8 Å². The molecule has 2 aliphatic rings. The molecule has 0 amide bonds. The quantitative estimate of drug-likeness (QED) is 0.598. The second-order valence-electron chi connectivity index (χ2n) is 8.10. The molecule has 4 heteroatoms. The van der Waals surface area contributed by atoms with E-state index in [1.807, 2.05) is 18.2 Å². The van der Waals surface area contributed by atoms with Gasteiger partial charge in [-0.15, -0.1) is 0 Å². The molecule has 0 bridgehead atoms. The van der Waals surface area contributed by atoms with Gasteiger partial charge in [0.15, 0.2) is 5.41 Å². The topological polar surface area (TPSA) is 63.6 Å². The normalized spacial score (nSPS) is 21.0. The maximum atomic E-state index is 13.1. The molecule has 2 aromatic carbocycles. The van der Waals surface area contributed by atoms with Crippen molar-refractivity contribution in [3.8, 4) is 0 Å². The molecule has 0 unspecified atom stereocenters. The van der Waals surface area contributed by atoms with E-state index in [1.165, 1.54) is 0 Å². The highest BCUT2D eigenvalue weighted by molar-refractivity contribution is 5.99. The van der Waals surface area contributed by atoms with Gasteiger partial charge in [-0.3, -0.25) is 9.59 Å². The molecule has 0 aliphatic heterocycles. The molecule has 2 aliphatic carbocycles. The average Bonchev–Trinajstić information content (AvgIpc) is 3.20. The SMILES string of the molecule is O=C(O)C1(C(=O)OC2(c3ccc4ccccc4c3)CCCCC2)CCCC1. The highest BCUT2D eigenvalue weighted by Crippen LogP contribution is 2.46. The monoisotopic (exact) mass is 366 g/mol. The smallest absolute Gasteiger partial charge is 0.324 e. The van der Waals surface area contributed by atoms with Crippen molar-refractivity contribution in [1.82, 2.24) is 0 Å². The predicted octanol–water partition coefficient (Wildman–Crippen LogP) is 5.19. The van der Waals surface area contributed by atoms with E-state index in [0.717, 1.165) is 61.3 Å². The van der Waals surface area contributed by atoms with Crippen LogP contribution in [0.1, 0.15) is 63.4 Å². The Hall–Kier alpha value is -2.36. The fourth-order valence-corrected chi connectivity index (χ4v) is 4.80. The lowest BCUT2D eigenvalue weighted by Crippen LogP contribution is -2.44. The minimum Gasteiger partial charge on any atom is -0.480 e. The number of fused-ring (bicyclic) bond motifs is 1. The Labute approximate surface area is 159 Å². The number of hydrogen-bond donors (Lipinski definition) is 1. The van der Waals surface area contributed by atoms with Crippen LogP contribution in [-0.4, -0.2) is 17.0 Å². The molecular formula is C23H26O4. The highest BCUT2D eigenvalue weighted by atomic mass is 16.6. The molecule has 142 valence electrons. The van der Waals surface area contributed by atoms with Crippen LogP contribution in [0, 0.1) is 5.41 Å². The van der Waals surface area contributed by atoms with Gasteiger partial charge in [0, 0.05) is 0 Å². The lowest BCUT2D eigenvalue weighted by atomic mass is 9.78. The van der Waals surface area contributed by atoms with E-state index in [-0.39, 0.29) is 0 Å². The number of rotatable bonds is 4. The zero-order valence-corrected chi connectivity index (χ0v) is 15.6. The summed E-state index contributed by atoms with van der Waals surface area (Å²) in [6.45, 7) is 0. The summed E-state index contributed by atoms with van der Waals surface area (Å²) >= 11 is 0. The largest absolute Gasteiger partial charge is 0.480 e. The minimum atomic E-state index is -1.36. The molecule has 0 heterocycles. The molecule has 4 nitrogen and oxygen atoms in total. The standard InChI is InChI=1S/C23H26O4/c24-20(25)22(12-6-7-13-22)21(26)27-23(14-4-1-5-15-23)19-11-10-17-8-2-3-9-18(17)16-19/h2-3,8-11,16H,1,4-7,12-15H2,(H,24,25). The van der Waals surface area contributed by atoms with Gasteiger partial charge in [-0.1, -0.05) is 55.7 Å². The maximum Gasteiger partial charge on any atom is 0.324 e. The Kier molecular flexibility index (Phi) is 4.67. The number of esters is 1. The Balaban J connectivity index is 1.71. The van der Waals surface area contributed by atoms with Crippen LogP contribution in [0.3, 0.4) is 0 Å². The van der Waals surface area contributed by atoms with Crippen LogP contribution < -0.4 is 0 Å². The molecule has 0 radical (unpaired) electrons. The first-order valence-corrected chi connectivity index (χ1v) is 10.0. The third kappa shape index (κ3) is 3.11. The fraction of sp³-hybridized carbons (Fsp3) is 0.478. The van der Waals surface area contributed by atoms with E-state index in [2.05, 4.69) is 24.3 Å². The van der Waals surface area contributed by atoms with Crippen molar-refractivity contribution in [2.24, 2.45) is 5.41 Å². The minimum absolute atomic E-state index is 0.384. The second kappa shape index (κ2) is 6.99. The van der Waals surface area contributed by atoms with Crippen LogP contribution in [0.15, 0.2) is 42.5 Å². The van der Waals surface area contributed by atoms with Crippen LogP contribution in [0.5, 0.6) is 0 Å². The van der Waals surface area contributed by atoms with E-state index < -0.39 is 23.0 Å². The molecule has 0 aromatic heterocycles. The molecule has 27 heavy (non-hydrogen) atoms. The number of carboxylic acid groups (broad SMARTS) is 1. The van der Waals surface area contributed by atoms with E-state index in [9.17, 15) is 14.7 Å². The van der Waals surface area contributed by atoms with Crippen LogP contribution in [0.4, 0.5) is 0 Å². The number of carbonyl (C=O) groups is 2. The van der Waals surface area contributed by atoms with E-state index >= 15 is 0 Å². The van der Waals surface area contributed by atoms with Crippen molar-refractivity contribution >= 4 is 22.7 Å². The summed E-state index contributed by atoms with van der Waals surface area (Å²) in [5.74, 6) is -1.57. The molecular weight excluding hydrogens is 340 g/mol. The number of benzene rings is 2. The zero-order valence-electron chi connectivity index (χ0n) is 15.6. The summed E-state index contributed by atoms with van der Waals surface area (Å²) in [4.78, 5) is 25.0. The molecule has 2 aromatic rings. The maximum absolute atomic E-state index is 13.1. The van der Waals surface area contributed by atoms with E-state index in [0.29, 0.717) is 12.8 Å². The number of carbonyl (C=O) groups excluding carboxylic acids is 1.